The Labute approximate surface area is 114 Å². The maximum absolute atomic E-state index is 11.0. The van der Waals surface area contributed by atoms with Crippen LogP contribution >= 0.6 is 22.9 Å². The van der Waals surface area contributed by atoms with Crippen molar-refractivity contribution in [3.63, 3.8) is 0 Å². The average molecular weight is 282 g/mol. The third kappa shape index (κ3) is 3.29. The summed E-state index contributed by atoms with van der Waals surface area (Å²) in [6.45, 7) is 1.38. The number of rotatable bonds is 5. The summed E-state index contributed by atoms with van der Waals surface area (Å²) in [6.07, 6.45) is 1.83. The number of nitrogens with one attached hydrogen (secondary N) is 1. The summed E-state index contributed by atoms with van der Waals surface area (Å²) in [5.74, 6) is -0.471. The zero-order valence-corrected chi connectivity index (χ0v) is 11.1. The zero-order valence-electron chi connectivity index (χ0n) is 9.52. The summed E-state index contributed by atoms with van der Waals surface area (Å²) < 4.78 is 0. The molecule has 0 fully saturated rings. The van der Waals surface area contributed by atoms with E-state index < -0.39 is 5.91 Å². The van der Waals surface area contributed by atoms with E-state index in [2.05, 4.69) is 10.3 Å². The van der Waals surface area contributed by atoms with Crippen LogP contribution in [-0.4, -0.2) is 10.9 Å². The summed E-state index contributed by atoms with van der Waals surface area (Å²) in [6, 6.07) is 5.08. The van der Waals surface area contributed by atoms with Crippen LogP contribution in [0.25, 0.3) is 0 Å². The van der Waals surface area contributed by atoms with E-state index in [-0.39, 0.29) is 0 Å². The highest BCUT2D eigenvalue weighted by atomic mass is 35.5. The Balaban J connectivity index is 1.95. The molecular weight excluding hydrogens is 270 g/mol. The fourth-order valence-corrected chi connectivity index (χ4v) is 2.31. The van der Waals surface area contributed by atoms with Crippen molar-refractivity contribution >= 4 is 28.8 Å². The van der Waals surface area contributed by atoms with Crippen molar-refractivity contribution in [2.24, 2.45) is 5.73 Å². The molecule has 0 spiro atoms. The Kier molecular flexibility index (Phi) is 4.30. The highest BCUT2D eigenvalue weighted by Crippen LogP contribution is 2.18. The van der Waals surface area contributed by atoms with Crippen LogP contribution in [0.4, 0.5) is 0 Å². The smallest absolute Gasteiger partial charge is 0.248 e. The first-order chi connectivity index (χ1) is 8.66. The first-order valence-electron chi connectivity index (χ1n) is 5.33. The second-order valence-electron chi connectivity index (χ2n) is 3.74. The molecule has 1 aromatic heterocycles. The van der Waals surface area contributed by atoms with Crippen molar-refractivity contribution in [3.8, 4) is 0 Å². The molecule has 94 valence electrons. The van der Waals surface area contributed by atoms with Crippen molar-refractivity contribution in [1.29, 1.82) is 0 Å². The lowest BCUT2D eigenvalue weighted by atomic mass is 10.1. The van der Waals surface area contributed by atoms with Gasteiger partial charge in [0.15, 0.2) is 0 Å². The highest BCUT2D eigenvalue weighted by molar-refractivity contribution is 7.09. The van der Waals surface area contributed by atoms with E-state index in [1.54, 1.807) is 29.0 Å². The van der Waals surface area contributed by atoms with Gasteiger partial charge >= 0.3 is 0 Å². The number of nitrogens with two attached hydrogens (primary N) is 1. The van der Waals surface area contributed by atoms with Crippen LogP contribution in [0.3, 0.4) is 0 Å². The Morgan fingerprint density at radius 3 is 2.89 bits per heavy atom. The number of benzene rings is 1. The van der Waals surface area contributed by atoms with Gasteiger partial charge in [-0.3, -0.25) is 9.78 Å². The average Bonchev–Trinajstić information content (AvgIpc) is 2.84. The molecule has 0 bridgehead atoms. The Bertz CT molecular complexity index is 542. The van der Waals surface area contributed by atoms with Gasteiger partial charge in [0.2, 0.25) is 5.91 Å². The topological polar surface area (TPSA) is 68.0 Å². The quantitative estimate of drug-likeness (QED) is 0.883. The summed E-state index contributed by atoms with van der Waals surface area (Å²) in [7, 11) is 0. The van der Waals surface area contributed by atoms with Crippen LogP contribution in [0.5, 0.6) is 0 Å². The number of carbonyl (C=O) groups is 1. The van der Waals surface area contributed by atoms with Crippen molar-refractivity contribution < 1.29 is 4.79 Å². The number of hydrogen-bond acceptors (Lipinski definition) is 4. The molecule has 0 radical (unpaired) electrons. The fourth-order valence-electron chi connectivity index (χ4n) is 1.49. The zero-order chi connectivity index (χ0) is 13.0. The molecule has 2 aromatic rings. The fraction of sp³-hybridized carbons (Fsp3) is 0.167. The van der Waals surface area contributed by atoms with E-state index in [1.807, 2.05) is 12.3 Å². The summed E-state index contributed by atoms with van der Waals surface area (Å²) >= 11 is 7.68. The maximum Gasteiger partial charge on any atom is 0.248 e. The van der Waals surface area contributed by atoms with E-state index in [1.165, 1.54) is 4.88 Å². The third-order valence-corrected chi connectivity index (χ3v) is 3.57. The van der Waals surface area contributed by atoms with E-state index in [9.17, 15) is 4.79 Å². The molecule has 0 aliphatic rings. The molecule has 6 heteroatoms. The Morgan fingerprint density at radius 1 is 1.44 bits per heavy atom. The first kappa shape index (κ1) is 13.0. The van der Waals surface area contributed by atoms with Crippen molar-refractivity contribution in [2.75, 3.05) is 0 Å². The lowest BCUT2D eigenvalue weighted by Gasteiger charge is -2.06. The summed E-state index contributed by atoms with van der Waals surface area (Å²) in [5, 5.41) is 3.81. The van der Waals surface area contributed by atoms with Crippen LogP contribution in [0, 0.1) is 0 Å². The number of hydrogen-bond donors (Lipinski definition) is 2. The van der Waals surface area contributed by atoms with Gasteiger partial charge in [0.1, 0.15) is 0 Å². The molecule has 1 heterocycles. The summed E-state index contributed by atoms with van der Waals surface area (Å²) in [4.78, 5) is 16.1. The normalized spacial score (nSPS) is 10.5. The van der Waals surface area contributed by atoms with Crippen LogP contribution in [-0.2, 0) is 13.1 Å². The highest BCUT2D eigenvalue weighted by Gasteiger charge is 2.05. The predicted octanol–water partition coefficient (Wildman–Crippen LogP) is 2.19. The molecule has 4 nitrogen and oxygen atoms in total. The van der Waals surface area contributed by atoms with E-state index in [0.717, 1.165) is 12.1 Å². The van der Waals surface area contributed by atoms with Crippen molar-refractivity contribution in [2.45, 2.75) is 13.1 Å². The van der Waals surface area contributed by atoms with Gasteiger partial charge in [-0.15, -0.1) is 11.3 Å². The largest absolute Gasteiger partial charge is 0.366 e. The lowest BCUT2D eigenvalue weighted by Crippen LogP contribution is -2.14. The van der Waals surface area contributed by atoms with E-state index in [0.29, 0.717) is 17.1 Å². The number of carbonyl (C=O) groups excluding carboxylic acids is 1. The molecular formula is C12H12ClN3OS. The number of amides is 1. The standard InChI is InChI=1S/C12H12ClN3OS/c13-11-3-8(12(14)17)1-2-9(11)4-15-5-10-6-16-7-18-10/h1-3,6-7,15H,4-5H2,(H2,14,17). The van der Waals surface area contributed by atoms with Gasteiger partial charge in [-0.25, -0.2) is 0 Å². The van der Waals surface area contributed by atoms with Gasteiger partial charge in [0.25, 0.3) is 0 Å². The van der Waals surface area contributed by atoms with Crippen LogP contribution in [0.1, 0.15) is 20.8 Å². The monoisotopic (exact) mass is 281 g/mol. The molecule has 0 atom stereocenters. The number of primary amides is 1. The molecule has 0 aliphatic carbocycles. The number of nitrogens with zero attached hydrogens (tertiary/aromatic N) is 1. The lowest BCUT2D eigenvalue weighted by molar-refractivity contribution is 0.100. The van der Waals surface area contributed by atoms with Gasteiger partial charge in [-0.2, -0.15) is 0 Å². The van der Waals surface area contributed by atoms with Gasteiger partial charge in [0, 0.05) is 34.7 Å². The first-order valence-corrected chi connectivity index (χ1v) is 6.59. The van der Waals surface area contributed by atoms with Gasteiger partial charge in [-0.05, 0) is 17.7 Å². The Morgan fingerprint density at radius 2 is 2.28 bits per heavy atom. The van der Waals surface area contributed by atoms with Gasteiger partial charge < -0.3 is 11.1 Å². The molecule has 3 N–H and O–H groups in total. The second kappa shape index (κ2) is 5.95. The van der Waals surface area contributed by atoms with Crippen molar-refractivity contribution in [1.82, 2.24) is 10.3 Å². The number of halogens is 1. The molecule has 0 aliphatic heterocycles. The number of aromatic nitrogens is 1. The minimum Gasteiger partial charge on any atom is -0.366 e. The molecule has 0 unspecified atom stereocenters. The van der Waals surface area contributed by atoms with Gasteiger partial charge in [-0.1, -0.05) is 17.7 Å². The van der Waals surface area contributed by atoms with Crippen LogP contribution in [0.15, 0.2) is 29.9 Å². The second-order valence-corrected chi connectivity index (χ2v) is 5.12. The van der Waals surface area contributed by atoms with Crippen molar-refractivity contribution in [3.05, 3.63) is 50.9 Å². The molecule has 2 rings (SSSR count). The number of thiazole rings is 1. The van der Waals surface area contributed by atoms with Crippen LogP contribution < -0.4 is 11.1 Å². The van der Waals surface area contributed by atoms with Gasteiger partial charge in [0.05, 0.1) is 5.51 Å². The Hall–Kier alpha value is -1.43. The molecule has 18 heavy (non-hydrogen) atoms. The van der Waals surface area contributed by atoms with Crippen LogP contribution in [0.2, 0.25) is 5.02 Å². The summed E-state index contributed by atoms with van der Waals surface area (Å²) in [5.41, 5.74) is 8.33. The third-order valence-electron chi connectivity index (χ3n) is 2.44. The predicted molar refractivity (Wildman–Crippen MR) is 72.6 cm³/mol. The maximum atomic E-state index is 11.0. The molecule has 1 amide bonds. The van der Waals surface area contributed by atoms with E-state index in [4.69, 9.17) is 17.3 Å². The molecule has 0 saturated heterocycles. The minimum atomic E-state index is -0.471. The SMILES string of the molecule is NC(=O)c1ccc(CNCc2cncs2)c(Cl)c1. The van der Waals surface area contributed by atoms with E-state index >= 15 is 0 Å². The molecule has 1 aromatic carbocycles. The molecule has 0 saturated carbocycles. The minimum absolute atomic E-state index is 0.422.